The Balaban J connectivity index is 1.55. The van der Waals surface area contributed by atoms with Gasteiger partial charge < -0.3 is 4.55 Å². The quantitative estimate of drug-likeness (QED) is 0.187. The summed E-state index contributed by atoms with van der Waals surface area (Å²) in [5, 5.41) is 2.93. The molecule has 8 nitrogen and oxygen atoms in total. The van der Waals surface area contributed by atoms with Gasteiger partial charge in [0.25, 0.3) is 5.01 Å². The number of halogens is 1. The number of thioether (sulfide) groups is 1. The Morgan fingerprint density at radius 1 is 1.13 bits per heavy atom. The lowest BCUT2D eigenvalue weighted by Crippen LogP contribution is -2.66. The van der Waals surface area contributed by atoms with Gasteiger partial charge >= 0.3 is 10.1 Å². The van der Waals surface area contributed by atoms with Crippen LogP contribution in [0.3, 0.4) is 0 Å². The van der Waals surface area contributed by atoms with Crippen molar-refractivity contribution in [2.24, 2.45) is 0 Å². The number of hydrogen-bond acceptors (Lipinski definition) is 7. The van der Waals surface area contributed by atoms with Crippen molar-refractivity contribution < 1.29 is 30.5 Å². The van der Waals surface area contributed by atoms with Crippen molar-refractivity contribution >= 4 is 87.7 Å². The fraction of sp³-hybridized carbons (Fsp3) is 0.240. The summed E-state index contributed by atoms with van der Waals surface area (Å²) in [6, 6.07) is 17.2. The minimum atomic E-state index is -4.37. The van der Waals surface area contributed by atoms with Crippen LogP contribution in [0.5, 0.6) is 0 Å². The van der Waals surface area contributed by atoms with E-state index in [1.807, 2.05) is 53.1 Å². The molecule has 3 heterocycles. The highest BCUT2D eigenvalue weighted by atomic mass is 35.5. The number of quaternary nitrogens is 1. The van der Waals surface area contributed by atoms with E-state index in [1.165, 1.54) is 23.1 Å². The zero-order valence-corrected chi connectivity index (χ0v) is 23.8. The zero-order chi connectivity index (χ0) is 26.9. The molecule has 2 aliphatic rings. The molecule has 3 aromatic carbocycles. The second-order valence-corrected chi connectivity index (χ2v) is 15.0. The van der Waals surface area contributed by atoms with Gasteiger partial charge in [0.05, 0.1) is 34.1 Å². The smallest absolute Gasteiger partial charge is 0.320 e. The van der Waals surface area contributed by atoms with Crippen molar-refractivity contribution in [1.82, 2.24) is 4.48 Å². The molecule has 1 fully saturated rings. The first-order valence-electron chi connectivity index (χ1n) is 11.8. The lowest BCUT2D eigenvalue weighted by molar-refractivity contribution is -0.668. The first-order valence-corrected chi connectivity index (χ1v) is 16.9. The Labute approximate surface area is 233 Å². The largest absolute Gasteiger partial charge is 0.748 e. The summed E-state index contributed by atoms with van der Waals surface area (Å²) in [5.74, 6) is -0.495. The average Bonchev–Trinajstić information content (AvgIpc) is 3.33. The van der Waals surface area contributed by atoms with Crippen molar-refractivity contribution in [2.75, 3.05) is 12.3 Å². The average molecular weight is 610 g/mol. The lowest BCUT2D eigenvalue weighted by Gasteiger charge is -2.47. The SMILES string of the molecule is O=S(=O)([O-])CCC[n+]1c(/C=C2\Sc3ccc4ccccc4c3[N+]23CCC3S(=O)(=O)O)sc2ccc(Cl)cc21. The van der Waals surface area contributed by atoms with Gasteiger partial charge in [-0.2, -0.15) is 13.0 Å². The van der Waals surface area contributed by atoms with Crippen LogP contribution in [0.1, 0.15) is 17.8 Å². The number of rotatable bonds is 6. The monoisotopic (exact) mass is 609 g/mol. The second kappa shape index (κ2) is 9.27. The Kier molecular flexibility index (Phi) is 6.39. The van der Waals surface area contributed by atoms with Crippen LogP contribution >= 0.6 is 34.7 Å². The lowest BCUT2D eigenvalue weighted by atomic mass is 10.0. The molecule has 1 saturated heterocycles. The van der Waals surface area contributed by atoms with Gasteiger partial charge in [-0.15, -0.1) is 0 Å². The summed E-state index contributed by atoms with van der Waals surface area (Å²) in [6.07, 6.45) is 2.38. The van der Waals surface area contributed by atoms with Gasteiger partial charge in [0.1, 0.15) is 4.70 Å². The normalized spacial score (nSPS) is 22.4. The fourth-order valence-electron chi connectivity index (χ4n) is 5.47. The molecule has 198 valence electrons. The minimum Gasteiger partial charge on any atom is -0.748 e. The molecule has 2 unspecified atom stereocenters. The topological polar surface area (TPSA) is 115 Å². The number of aryl methyl sites for hydroxylation is 1. The van der Waals surface area contributed by atoms with Crippen molar-refractivity contribution in [3.63, 3.8) is 0 Å². The van der Waals surface area contributed by atoms with Gasteiger partial charge in [-0.25, -0.2) is 12.9 Å². The zero-order valence-electron chi connectivity index (χ0n) is 19.8. The van der Waals surface area contributed by atoms with E-state index in [2.05, 4.69) is 0 Å². The number of benzene rings is 3. The Hall–Kier alpha value is -2.03. The number of hydrogen-bond donors (Lipinski definition) is 1. The van der Waals surface area contributed by atoms with Gasteiger partial charge in [-0.05, 0) is 41.4 Å². The predicted octanol–water partition coefficient (Wildman–Crippen LogP) is 4.96. The molecule has 2 aliphatic heterocycles. The van der Waals surface area contributed by atoms with Gasteiger partial charge in [-0.3, -0.25) is 4.55 Å². The first-order chi connectivity index (χ1) is 18.0. The third-order valence-electron chi connectivity index (χ3n) is 7.15. The van der Waals surface area contributed by atoms with Crippen molar-refractivity contribution in [2.45, 2.75) is 29.7 Å². The van der Waals surface area contributed by atoms with E-state index in [0.717, 1.165) is 41.6 Å². The highest BCUT2D eigenvalue weighted by Gasteiger charge is 2.62. The standard InChI is InChI=1S/C25H21ClN2O6S4/c26-17-7-9-20-19(14-17)27(11-3-13-37(29,30)31)22(35-20)15-23-28(12-10-24(28)38(32,33)34)25-18-5-2-1-4-16(18)6-8-21(25)36-23/h1-2,4-9,14-15,24H,3,10-13H2/p+1/b23-15-. The molecule has 0 aliphatic carbocycles. The molecule has 1 N–H and O–H groups in total. The maximum atomic E-state index is 12.6. The van der Waals surface area contributed by atoms with Crippen molar-refractivity contribution in [1.29, 1.82) is 0 Å². The highest BCUT2D eigenvalue weighted by Crippen LogP contribution is 2.60. The Morgan fingerprint density at radius 3 is 2.63 bits per heavy atom. The molecular weight excluding hydrogens is 588 g/mol. The summed E-state index contributed by atoms with van der Waals surface area (Å²) >= 11 is 9.21. The van der Waals surface area contributed by atoms with Crippen LogP contribution < -0.4 is 9.05 Å². The first kappa shape index (κ1) is 26.2. The number of nitrogens with zero attached hydrogens (tertiary/aromatic N) is 2. The molecule has 2 atom stereocenters. The van der Waals surface area contributed by atoms with E-state index in [-0.39, 0.29) is 17.4 Å². The van der Waals surface area contributed by atoms with Gasteiger partial charge in [0.15, 0.2) is 17.3 Å². The number of thiazole rings is 1. The summed E-state index contributed by atoms with van der Waals surface area (Å²) in [6.45, 7) is 0.776. The van der Waals surface area contributed by atoms with E-state index >= 15 is 0 Å². The van der Waals surface area contributed by atoms with E-state index in [1.54, 1.807) is 12.1 Å². The molecule has 1 aromatic heterocycles. The summed E-state index contributed by atoms with van der Waals surface area (Å²) in [4.78, 5) is 0.927. The van der Waals surface area contributed by atoms with E-state index in [0.29, 0.717) is 18.0 Å². The molecule has 38 heavy (non-hydrogen) atoms. The third kappa shape index (κ3) is 4.37. The molecular formula is C25H22ClN2O6S4+. The van der Waals surface area contributed by atoms with Crippen LogP contribution in [0, 0.1) is 0 Å². The highest BCUT2D eigenvalue weighted by molar-refractivity contribution is 8.03. The molecule has 4 aromatic rings. The third-order valence-corrected chi connectivity index (χ3v) is 11.8. The number of fused-ring (bicyclic) bond motifs is 5. The minimum absolute atomic E-state index is 0.00409. The summed E-state index contributed by atoms with van der Waals surface area (Å²) < 4.78 is 72.1. The number of aromatic nitrogens is 1. The van der Waals surface area contributed by atoms with Crippen molar-refractivity contribution in [3.05, 3.63) is 69.7 Å². The van der Waals surface area contributed by atoms with Crippen LogP contribution in [0.4, 0.5) is 5.69 Å². The maximum absolute atomic E-state index is 12.6. The fourth-order valence-corrected chi connectivity index (χ4v) is 9.92. The molecule has 0 saturated carbocycles. The Bertz CT molecular complexity index is 1870. The van der Waals surface area contributed by atoms with Gasteiger partial charge in [0.2, 0.25) is 10.9 Å². The second-order valence-electron chi connectivity index (χ2n) is 9.39. The van der Waals surface area contributed by atoms with Crippen LogP contribution in [-0.2, 0) is 26.8 Å². The van der Waals surface area contributed by atoms with Crippen LogP contribution in [-0.4, -0.2) is 43.6 Å². The van der Waals surface area contributed by atoms with Crippen LogP contribution in [0.25, 0.3) is 27.1 Å². The molecule has 13 heteroatoms. The summed E-state index contributed by atoms with van der Waals surface area (Å²) in [5.41, 5.74) is 1.66. The van der Waals surface area contributed by atoms with Crippen LogP contribution in [0.2, 0.25) is 5.02 Å². The van der Waals surface area contributed by atoms with Gasteiger partial charge in [-0.1, -0.05) is 47.2 Å². The molecule has 6 rings (SSSR count). The summed E-state index contributed by atoms with van der Waals surface area (Å²) in [7, 11) is -8.74. The molecule has 0 amide bonds. The predicted molar refractivity (Wildman–Crippen MR) is 151 cm³/mol. The van der Waals surface area contributed by atoms with Gasteiger partial charge in [0, 0.05) is 28.6 Å². The van der Waals surface area contributed by atoms with Crippen molar-refractivity contribution in [3.8, 4) is 0 Å². The maximum Gasteiger partial charge on any atom is 0.320 e. The Morgan fingerprint density at radius 2 is 1.92 bits per heavy atom. The molecule has 0 radical (unpaired) electrons. The van der Waals surface area contributed by atoms with E-state index in [4.69, 9.17) is 11.6 Å². The molecule has 0 bridgehead atoms. The van der Waals surface area contributed by atoms with E-state index < -0.39 is 31.4 Å². The van der Waals surface area contributed by atoms with Crippen LogP contribution in [0.15, 0.2) is 64.5 Å². The van der Waals surface area contributed by atoms with E-state index in [9.17, 15) is 25.9 Å². The molecule has 1 spiro atoms.